The van der Waals surface area contributed by atoms with Gasteiger partial charge < -0.3 is 10.3 Å². The van der Waals surface area contributed by atoms with Crippen molar-refractivity contribution in [1.82, 2.24) is 0 Å². The van der Waals surface area contributed by atoms with Gasteiger partial charge in [-0.2, -0.15) is 0 Å². The molecular formula is C22H26N2. The van der Waals surface area contributed by atoms with Crippen molar-refractivity contribution in [3.63, 3.8) is 0 Å². The molecule has 0 bridgehead atoms. The van der Waals surface area contributed by atoms with Crippen LogP contribution in [0.1, 0.15) is 47.4 Å². The van der Waals surface area contributed by atoms with Gasteiger partial charge in [-0.05, 0) is 53.6 Å². The Bertz CT molecular complexity index is 743. The van der Waals surface area contributed by atoms with Crippen molar-refractivity contribution in [3.8, 4) is 0 Å². The Morgan fingerprint density at radius 1 is 1.08 bits per heavy atom. The SMILES string of the molecule is CN(C)c1ccc(CCCCC2C=Cc3ccccc32)c(C=N)c1. The van der Waals surface area contributed by atoms with Gasteiger partial charge in [-0.3, -0.25) is 0 Å². The van der Waals surface area contributed by atoms with Crippen molar-refractivity contribution >= 4 is 18.0 Å². The van der Waals surface area contributed by atoms with Crippen LogP contribution < -0.4 is 4.90 Å². The molecule has 24 heavy (non-hydrogen) atoms. The number of anilines is 1. The Kier molecular flexibility index (Phi) is 5.14. The Morgan fingerprint density at radius 2 is 1.92 bits per heavy atom. The molecule has 1 unspecified atom stereocenters. The molecule has 0 amide bonds. The van der Waals surface area contributed by atoms with Gasteiger partial charge in [0.1, 0.15) is 0 Å². The van der Waals surface area contributed by atoms with Gasteiger partial charge in [-0.15, -0.1) is 0 Å². The molecule has 1 atom stereocenters. The summed E-state index contributed by atoms with van der Waals surface area (Å²) in [4.78, 5) is 2.08. The summed E-state index contributed by atoms with van der Waals surface area (Å²) in [5.74, 6) is 0.583. The van der Waals surface area contributed by atoms with Crippen molar-refractivity contribution in [1.29, 1.82) is 5.41 Å². The topological polar surface area (TPSA) is 27.1 Å². The lowest BCUT2D eigenvalue weighted by molar-refractivity contribution is 0.641. The van der Waals surface area contributed by atoms with Gasteiger partial charge in [-0.25, -0.2) is 0 Å². The van der Waals surface area contributed by atoms with Crippen molar-refractivity contribution in [2.75, 3.05) is 19.0 Å². The standard InChI is InChI=1S/C22H26N2/c1-24(2)21-14-13-17(20(15-21)16-23)7-3-4-8-18-11-12-19-9-5-6-10-22(18)19/h5-6,9-16,18,23H,3-4,7-8H2,1-2H3. The number of unbranched alkanes of at least 4 members (excludes halogenated alkanes) is 1. The molecule has 0 aromatic heterocycles. The summed E-state index contributed by atoms with van der Waals surface area (Å²) in [5.41, 5.74) is 6.36. The van der Waals surface area contributed by atoms with Crippen LogP contribution in [-0.4, -0.2) is 20.3 Å². The van der Waals surface area contributed by atoms with Gasteiger partial charge in [0.2, 0.25) is 0 Å². The summed E-state index contributed by atoms with van der Waals surface area (Å²) in [6.45, 7) is 0. The number of allylic oxidation sites excluding steroid dienone is 1. The predicted molar refractivity (Wildman–Crippen MR) is 104 cm³/mol. The largest absolute Gasteiger partial charge is 0.378 e. The van der Waals surface area contributed by atoms with E-state index in [2.05, 4.69) is 59.5 Å². The van der Waals surface area contributed by atoms with Crippen molar-refractivity contribution in [3.05, 3.63) is 70.8 Å². The van der Waals surface area contributed by atoms with Gasteiger partial charge >= 0.3 is 0 Å². The number of hydrogen-bond donors (Lipinski definition) is 1. The fourth-order valence-corrected chi connectivity index (χ4v) is 3.48. The molecule has 1 N–H and O–H groups in total. The highest BCUT2D eigenvalue weighted by Gasteiger charge is 2.15. The second-order valence-corrected chi connectivity index (χ2v) is 6.76. The summed E-state index contributed by atoms with van der Waals surface area (Å²) in [6, 6.07) is 15.2. The van der Waals surface area contributed by atoms with E-state index in [0.29, 0.717) is 5.92 Å². The fourth-order valence-electron chi connectivity index (χ4n) is 3.48. The number of nitrogens with zero attached hydrogens (tertiary/aromatic N) is 1. The van der Waals surface area contributed by atoms with Gasteiger partial charge in [-0.1, -0.05) is 48.9 Å². The molecule has 3 rings (SSSR count). The van der Waals surface area contributed by atoms with Crippen LogP contribution in [0.15, 0.2) is 48.5 Å². The summed E-state index contributed by atoms with van der Waals surface area (Å²) >= 11 is 0. The van der Waals surface area contributed by atoms with Crippen LogP contribution in [0.5, 0.6) is 0 Å². The minimum absolute atomic E-state index is 0.583. The van der Waals surface area contributed by atoms with Crippen LogP contribution in [0.25, 0.3) is 6.08 Å². The molecule has 0 saturated carbocycles. The molecule has 0 radical (unpaired) electrons. The summed E-state index contributed by atoms with van der Waals surface area (Å²) in [6.07, 6.45) is 10.7. The zero-order chi connectivity index (χ0) is 16.9. The maximum Gasteiger partial charge on any atom is 0.0367 e. The molecule has 0 saturated heterocycles. The quantitative estimate of drug-likeness (QED) is 0.546. The predicted octanol–water partition coefficient (Wildman–Crippen LogP) is 5.27. The molecule has 0 heterocycles. The van der Waals surface area contributed by atoms with Crippen molar-refractivity contribution in [2.45, 2.75) is 31.6 Å². The average Bonchev–Trinajstić information content (AvgIpc) is 3.02. The van der Waals surface area contributed by atoms with Gasteiger partial charge in [0.15, 0.2) is 0 Å². The lowest BCUT2D eigenvalue weighted by Crippen LogP contribution is -2.09. The van der Waals surface area contributed by atoms with Gasteiger partial charge in [0.25, 0.3) is 0 Å². The molecule has 2 nitrogen and oxygen atoms in total. The summed E-state index contributed by atoms with van der Waals surface area (Å²) < 4.78 is 0. The summed E-state index contributed by atoms with van der Waals surface area (Å²) in [7, 11) is 4.07. The van der Waals surface area contributed by atoms with Crippen LogP contribution in [-0.2, 0) is 6.42 Å². The highest BCUT2D eigenvalue weighted by atomic mass is 15.1. The summed E-state index contributed by atoms with van der Waals surface area (Å²) in [5, 5.41) is 7.67. The third kappa shape index (κ3) is 3.59. The van der Waals surface area contributed by atoms with Crippen molar-refractivity contribution in [2.24, 2.45) is 0 Å². The third-order valence-corrected chi connectivity index (χ3v) is 4.92. The minimum Gasteiger partial charge on any atom is -0.378 e. The van der Waals surface area contributed by atoms with E-state index in [1.54, 1.807) is 0 Å². The van der Waals surface area contributed by atoms with E-state index >= 15 is 0 Å². The Hall–Kier alpha value is -2.35. The number of hydrogen-bond acceptors (Lipinski definition) is 2. The number of benzene rings is 2. The molecule has 0 spiro atoms. The number of aryl methyl sites for hydroxylation is 1. The zero-order valence-corrected chi connectivity index (χ0v) is 14.6. The Balaban J connectivity index is 1.54. The van der Waals surface area contributed by atoms with E-state index in [1.165, 1.54) is 42.2 Å². The highest BCUT2D eigenvalue weighted by molar-refractivity contribution is 5.81. The first-order valence-electron chi connectivity index (χ1n) is 8.77. The molecule has 124 valence electrons. The van der Waals surface area contributed by atoms with E-state index < -0.39 is 0 Å². The third-order valence-electron chi connectivity index (χ3n) is 4.92. The van der Waals surface area contributed by atoms with E-state index in [-0.39, 0.29) is 0 Å². The number of fused-ring (bicyclic) bond motifs is 1. The molecule has 2 heteroatoms. The van der Waals surface area contributed by atoms with Crippen LogP contribution in [0.3, 0.4) is 0 Å². The van der Waals surface area contributed by atoms with E-state index in [1.807, 2.05) is 14.1 Å². The first kappa shape index (κ1) is 16.5. The molecule has 2 aromatic rings. The zero-order valence-electron chi connectivity index (χ0n) is 14.6. The normalized spacial score (nSPS) is 15.3. The van der Waals surface area contributed by atoms with Gasteiger partial charge in [0.05, 0.1) is 0 Å². The second kappa shape index (κ2) is 7.48. The fraction of sp³-hybridized carbons (Fsp3) is 0.318. The first-order valence-corrected chi connectivity index (χ1v) is 8.77. The Labute approximate surface area is 145 Å². The van der Waals surface area contributed by atoms with Gasteiger partial charge in [0, 0.05) is 31.9 Å². The molecule has 1 aliphatic carbocycles. The number of rotatable bonds is 7. The maximum atomic E-state index is 7.67. The first-order chi connectivity index (χ1) is 11.7. The highest BCUT2D eigenvalue weighted by Crippen LogP contribution is 2.33. The van der Waals surface area contributed by atoms with Crippen LogP contribution in [0, 0.1) is 5.41 Å². The van der Waals surface area contributed by atoms with Crippen LogP contribution in [0.2, 0.25) is 0 Å². The molecule has 0 fully saturated rings. The molecule has 1 aliphatic rings. The lowest BCUT2D eigenvalue weighted by Gasteiger charge is -2.15. The maximum absolute atomic E-state index is 7.67. The monoisotopic (exact) mass is 318 g/mol. The smallest absolute Gasteiger partial charge is 0.0367 e. The van der Waals surface area contributed by atoms with Crippen LogP contribution in [0.4, 0.5) is 5.69 Å². The minimum atomic E-state index is 0.583. The molecule has 2 aromatic carbocycles. The van der Waals surface area contributed by atoms with Crippen LogP contribution >= 0.6 is 0 Å². The Morgan fingerprint density at radius 3 is 2.71 bits per heavy atom. The lowest BCUT2D eigenvalue weighted by atomic mass is 9.93. The average molecular weight is 318 g/mol. The number of nitrogens with one attached hydrogen (secondary N) is 1. The second-order valence-electron chi connectivity index (χ2n) is 6.76. The van der Waals surface area contributed by atoms with E-state index in [9.17, 15) is 0 Å². The van der Waals surface area contributed by atoms with E-state index in [4.69, 9.17) is 5.41 Å². The molecule has 0 aliphatic heterocycles. The van der Waals surface area contributed by atoms with Crippen molar-refractivity contribution < 1.29 is 0 Å². The molecular weight excluding hydrogens is 292 g/mol. The van der Waals surface area contributed by atoms with E-state index in [0.717, 1.165) is 17.7 Å².